The first-order chi connectivity index (χ1) is 30.5. The molecule has 8 aromatic carbocycles. The van der Waals surface area contributed by atoms with E-state index in [1.54, 1.807) is 47.0 Å². The smallest absolute Gasteiger partial charge is 0.0462 e. The second kappa shape index (κ2) is 20.9. The fraction of sp³-hybridized carbons (Fsp3) is 0.0714. The largest absolute Gasteiger partial charge is 0.311 e. The van der Waals surface area contributed by atoms with Gasteiger partial charge in [-0.05, 0) is 180 Å². The molecule has 0 aromatic heterocycles. The van der Waals surface area contributed by atoms with E-state index >= 15 is 0 Å². The highest BCUT2D eigenvalue weighted by Crippen LogP contribution is 2.38. The van der Waals surface area contributed by atoms with Gasteiger partial charge in [-0.2, -0.15) is 0 Å². The van der Waals surface area contributed by atoms with Gasteiger partial charge in [0.15, 0.2) is 0 Å². The van der Waals surface area contributed by atoms with E-state index in [1.807, 2.05) is 0 Å². The normalized spacial score (nSPS) is 11.4. The maximum Gasteiger partial charge on any atom is 0.0462 e. The molecule has 0 unspecified atom stereocenters. The highest BCUT2D eigenvalue weighted by Gasteiger charge is 2.14. The molecule has 2 nitrogen and oxygen atoms in total. The van der Waals surface area contributed by atoms with E-state index in [0.717, 1.165) is 56.4 Å². The Kier molecular flexibility index (Phi) is 14.4. The van der Waals surface area contributed by atoms with Gasteiger partial charge in [0.05, 0.1) is 0 Å². The van der Waals surface area contributed by atoms with E-state index in [1.165, 1.54) is 30.7 Å². The predicted octanol–water partition coefficient (Wildman–Crippen LogP) is 17.5. The molecule has 8 aromatic rings. The summed E-state index contributed by atoms with van der Waals surface area (Å²) in [4.78, 5) is 9.65. The van der Waals surface area contributed by atoms with Crippen molar-refractivity contribution in [2.45, 2.75) is 19.6 Å². The second-order valence-electron chi connectivity index (χ2n) is 14.6. The molecule has 0 aliphatic carbocycles. The minimum absolute atomic E-state index is 1.13. The number of nitrogens with zero attached hydrogens (tertiary/aromatic N) is 2. The molecule has 6 heteroatoms. The van der Waals surface area contributed by atoms with Crippen molar-refractivity contribution in [1.82, 2.24) is 0 Å². The van der Waals surface area contributed by atoms with Crippen molar-refractivity contribution in [1.29, 1.82) is 0 Å². The molecule has 0 spiro atoms. The molecule has 0 amide bonds. The van der Waals surface area contributed by atoms with Gasteiger partial charge in [0.1, 0.15) is 0 Å². The number of hydrogen-bond donors (Lipinski definition) is 0. The van der Waals surface area contributed by atoms with Crippen LogP contribution in [-0.2, 0) is 0 Å². The molecule has 8 rings (SSSR count). The fourth-order valence-electron chi connectivity index (χ4n) is 7.25. The monoisotopic (exact) mass is 876 g/mol. The SMILES string of the molecule is CSc1ccc(N(c2ccc(/C=C/c3ccc(-c4ccc(/C=C/c5ccc(N(c6ccc(SC)cc6)c6ccc(SC)cc6)cc5)cc4)cc3)cc2)c2ccc(SC)cc2)cc1. The first kappa shape index (κ1) is 42.9. The molecular weight excluding hydrogens is 829 g/mol. The lowest BCUT2D eigenvalue weighted by atomic mass is 10.0. The molecule has 306 valence electrons. The summed E-state index contributed by atoms with van der Waals surface area (Å²) in [5.41, 5.74) is 13.8. The molecule has 0 aliphatic rings. The van der Waals surface area contributed by atoms with Gasteiger partial charge >= 0.3 is 0 Å². The Labute approximate surface area is 384 Å². The van der Waals surface area contributed by atoms with Crippen LogP contribution in [0.1, 0.15) is 22.3 Å². The Morgan fingerprint density at radius 3 is 0.613 bits per heavy atom. The topological polar surface area (TPSA) is 6.48 Å². The van der Waals surface area contributed by atoms with Crippen molar-refractivity contribution in [3.05, 3.63) is 216 Å². The van der Waals surface area contributed by atoms with Crippen LogP contribution in [0.25, 0.3) is 35.4 Å². The van der Waals surface area contributed by atoms with Gasteiger partial charge in [0, 0.05) is 53.7 Å². The summed E-state index contributed by atoms with van der Waals surface area (Å²) in [7, 11) is 0. The molecule has 0 saturated carbocycles. The Morgan fingerprint density at radius 2 is 0.419 bits per heavy atom. The van der Waals surface area contributed by atoms with Gasteiger partial charge in [0.2, 0.25) is 0 Å². The molecule has 0 heterocycles. The third-order valence-electron chi connectivity index (χ3n) is 10.7. The Bertz CT molecular complexity index is 2420. The number of benzene rings is 8. The summed E-state index contributed by atoms with van der Waals surface area (Å²) in [6.45, 7) is 0. The van der Waals surface area contributed by atoms with Crippen LogP contribution in [-0.4, -0.2) is 25.0 Å². The van der Waals surface area contributed by atoms with Crippen molar-refractivity contribution in [2.24, 2.45) is 0 Å². The maximum absolute atomic E-state index is 2.32. The molecule has 0 atom stereocenters. The highest BCUT2D eigenvalue weighted by atomic mass is 32.2. The molecule has 0 fully saturated rings. The van der Waals surface area contributed by atoms with Gasteiger partial charge in [-0.25, -0.2) is 0 Å². The molecule has 0 radical (unpaired) electrons. The third kappa shape index (κ3) is 10.6. The lowest BCUT2D eigenvalue weighted by molar-refractivity contribution is 1.26. The molecule has 62 heavy (non-hydrogen) atoms. The molecular formula is C56H48N2S4. The van der Waals surface area contributed by atoms with Crippen LogP contribution >= 0.6 is 47.0 Å². The van der Waals surface area contributed by atoms with Crippen LogP contribution in [0.3, 0.4) is 0 Å². The summed E-state index contributed by atoms with van der Waals surface area (Å²) in [5, 5.41) is 0. The van der Waals surface area contributed by atoms with Crippen LogP contribution in [0.5, 0.6) is 0 Å². The van der Waals surface area contributed by atoms with E-state index < -0.39 is 0 Å². The van der Waals surface area contributed by atoms with Gasteiger partial charge < -0.3 is 9.80 Å². The zero-order valence-electron chi connectivity index (χ0n) is 35.3. The quantitative estimate of drug-likeness (QED) is 0.0742. The Morgan fingerprint density at radius 1 is 0.242 bits per heavy atom. The van der Waals surface area contributed by atoms with Crippen LogP contribution in [0, 0.1) is 0 Å². The van der Waals surface area contributed by atoms with Gasteiger partial charge in [-0.1, -0.05) is 97.1 Å². The Hall–Kier alpha value is -5.76. The summed E-state index contributed by atoms with van der Waals surface area (Å²) in [5.74, 6) is 0. The predicted molar refractivity (Wildman–Crippen MR) is 279 cm³/mol. The lowest BCUT2D eigenvalue weighted by Gasteiger charge is -2.26. The average molecular weight is 877 g/mol. The number of hydrogen-bond acceptors (Lipinski definition) is 6. The van der Waals surface area contributed by atoms with Crippen molar-refractivity contribution in [3.8, 4) is 11.1 Å². The standard InChI is InChI=1S/C56H48N2S4/c1-59-53-33-25-49(26-34-53)57(50-27-35-54(60-2)36-28-50)47-21-13-43(14-22-47)7-5-41-9-17-45(18-10-41)46-19-11-42(12-20-46)6-8-44-15-23-48(24-16-44)58(51-29-37-55(61-3)38-30-51)52-31-39-56(62-4)40-32-52/h5-40H,1-4H3/b7-5+,8-6+. The first-order valence-corrected chi connectivity index (χ1v) is 25.3. The summed E-state index contributed by atoms with van der Waals surface area (Å²) >= 11 is 7.04. The van der Waals surface area contributed by atoms with Gasteiger partial charge in [0.25, 0.3) is 0 Å². The molecule has 0 saturated heterocycles. The van der Waals surface area contributed by atoms with Crippen LogP contribution in [0.15, 0.2) is 214 Å². The maximum atomic E-state index is 2.32. The zero-order chi connectivity index (χ0) is 42.7. The van der Waals surface area contributed by atoms with Crippen molar-refractivity contribution >= 4 is 105 Å². The molecule has 0 bridgehead atoms. The minimum atomic E-state index is 1.13. The molecule has 0 aliphatic heterocycles. The van der Waals surface area contributed by atoms with Crippen molar-refractivity contribution < 1.29 is 0 Å². The van der Waals surface area contributed by atoms with E-state index in [0.29, 0.717) is 0 Å². The van der Waals surface area contributed by atoms with Crippen molar-refractivity contribution in [3.63, 3.8) is 0 Å². The number of anilines is 6. The van der Waals surface area contributed by atoms with E-state index in [-0.39, 0.29) is 0 Å². The van der Waals surface area contributed by atoms with Gasteiger partial charge in [-0.3, -0.25) is 0 Å². The van der Waals surface area contributed by atoms with Crippen molar-refractivity contribution in [2.75, 3.05) is 34.8 Å². The van der Waals surface area contributed by atoms with Crippen LogP contribution in [0.2, 0.25) is 0 Å². The lowest BCUT2D eigenvalue weighted by Crippen LogP contribution is -2.09. The number of rotatable bonds is 15. The van der Waals surface area contributed by atoms with E-state index in [2.05, 4.69) is 253 Å². The van der Waals surface area contributed by atoms with Crippen LogP contribution < -0.4 is 9.80 Å². The highest BCUT2D eigenvalue weighted by molar-refractivity contribution is 7.99. The van der Waals surface area contributed by atoms with Crippen LogP contribution in [0.4, 0.5) is 34.1 Å². The summed E-state index contributed by atoms with van der Waals surface area (Å²) < 4.78 is 0. The van der Waals surface area contributed by atoms with Gasteiger partial charge in [-0.15, -0.1) is 47.0 Å². The summed E-state index contributed by atoms with van der Waals surface area (Å²) in [6.07, 6.45) is 17.2. The first-order valence-electron chi connectivity index (χ1n) is 20.4. The fourth-order valence-corrected chi connectivity index (χ4v) is 8.88. The Balaban J connectivity index is 0.909. The number of thioether (sulfide) groups is 4. The van der Waals surface area contributed by atoms with E-state index in [4.69, 9.17) is 0 Å². The average Bonchev–Trinajstić information content (AvgIpc) is 3.35. The second-order valence-corrected chi connectivity index (χ2v) is 18.1. The third-order valence-corrected chi connectivity index (χ3v) is 13.7. The van der Waals surface area contributed by atoms with E-state index in [9.17, 15) is 0 Å². The zero-order valence-corrected chi connectivity index (χ0v) is 38.6. The molecule has 0 N–H and O–H groups in total. The summed E-state index contributed by atoms with van der Waals surface area (Å²) in [6, 6.07) is 70.3. The minimum Gasteiger partial charge on any atom is -0.311 e.